The lowest BCUT2D eigenvalue weighted by atomic mass is 9.89. The van der Waals surface area contributed by atoms with Gasteiger partial charge in [0.25, 0.3) is 0 Å². The number of hydrogen-bond acceptors (Lipinski definition) is 4. The molecule has 4 heteroatoms. The van der Waals surface area contributed by atoms with Crippen molar-refractivity contribution >= 4 is 11.8 Å². The smallest absolute Gasteiger partial charge is 0.0571 e. The van der Waals surface area contributed by atoms with Crippen LogP contribution in [0.25, 0.3) is 0 Å². The molecule has 3 nitrogen and oxygen atoms in total. The molecule has 0 saturated carbocycles. The minimum Gasteiger partial charge on any atom is -0.329 e. The van der Waals surface area contributed by atoms with Crippen LogP contribution in [0.2, 0.25) is 0 Å². The summed E-state index contributed by atoms with van der Waals surface area (Å²) >= 11 is 2.04. The molecule has 0 aromatic carbocycles. The first-order valence-corrected chi connectivity index (χ1v) is 8.08. The molecular weight excluding hydrogens is 230 g/mol. The maximum atomic E-state index is 6.06. The Kier molecular flexibility index (Phi) is 4.40. The molecule has 2 aliphatic rings. The standard InChI is InChI=1S/C13H27N3S/c1-10-7-17-9-13(10,8-14)15-16-11(2)5-4-6-12(16)3/h10-12,15H,4-9,14H2,1-3H3. The lowest BCUT2D eigenvalue weighted by Crippen LogP contribution is -2.66. The summed E-state index contributed by atoms with van der Waals surface area (Å²) in [6, 6.07) is 1.28. The van der Waals surface area contributed by atoms with Crippen LogP contribution < -0.4 is 11.2 Å². The van der Waals surface area contributed by atoms with Gasteiger partial charge < -0.3 is 5.73 Å². The van der Waals surface area contributed by atoms with E-state index in [0.29, 0.717) is 18.0 Å². The molecule has 0 amide bonds. The summed E-state index contributed by atoms with van der Waals surface area (Å²) in [5, 5.41) is 2.48. The third-order valence-corrected chi connectivity index (χ3v) is 6.04. The first-order valence-electron chi connectivity index (χ1n) is 6.93. The van der Waals surface area contributed by atoms with Crippen LogP contribution in [0, 0.1) is 5.92 Å². The highest BCUT2D eigenvalue weighted by molar-refractivity contribution is 7.99. The second-order valence-electron chi connectivity index (χ2n) is 5.92. The zero-order valence-electron chi connectivity index (χ0n) is 11.4. The molecule has 2 heterocycles. The molecule has 0 spiro atoms. The zero-order chi connectivity index (χ0) is 12.5. The molecule has 2 rings (SSSR count). The van der Waals surface area contributed by atoms with Crippen molar-refractivity contribution in [2.75, 3.05) is 18.1 Å². The summed E-state index contributed by atoms with van der Waals surface area (Å²) in [5.74, 6) is 3.06. The van der Waals surface area contributed by atoms with E-state index in [0.717, 1.165) is 12.3 Å². The van der Waals surface area contributed by atoms with Crippen molar-refractivity contribution in [1.29, 1.82) is 0 Å². The largest absolute Gasteiger partial charge is 0.329 e. The van der Waals surface area contributed by atoms with Crippen molar-refractivity contribution < 1.29 is 0 Å². The molecule has 0 aromatic heterocycles. The van der Waals surface area contributed by atoms with E-state index in [1.165, 1.54) is 25.0 Å². The van der Waals surface area contributed by atoms with Gasteiger partial charge in [0.15, 0.2) is 0 Å². The molecule has 2 fully saturated rings. The second-order valence-corrected chi connectivity index (χ2v) is 6.95. The van der Waals surface area contributed by atoms with Crippen LogP contribution in [0.3, 0.4) is 0 Å². The molecule has 0 aromatic rings. The van der Waals surface area contributed by atoms with E-state index in [2.05, 4.69) is 31.2 Å². The van der Waals surface area contributed by atoms with Gasteiger partial charge in [0.2, 0.25) is 0 Å². The average Bonchev–Trinajstić information content (AvgIpc) is 2.66. The number of nitrogens with zero attached hydrogens (tertiary/aromatic N) is 1. The molecule has 100 valence electrons. The summed E-state index contributed by atoms with van der Waals surface area (Å²) in [6.45, 7) is 7.75. The van der Waals surface area contributed by atoms with Gasteiger partial charge in [-0.25, -0.2) is 10.4 Å². The monoisotopic (exact) mass is 257 g/mol. The predicted molar refractivity (Wildman–Crippen MR) is 76.0 cm³/mol. The molecule has 0 bridgehead atoms. The summed E-state index contributed by atoms with van der Waals surface area (Å²) < 4.78 is 0. The molecule has 17 heavy (non-hydrogen) atoms. The summed E-state index contributed by atoms with van der Waals surface area (Å²) in [4.78, 5) is 0. The SMILES string of the molecule is CC1CCCC(C)N1NC1(CN)CSCC1C. The fraction of sp³-hybridized carbons (Fsp3) is 1.00. The highest BCUT2D eigenvalue weighted by Crippen LogP contribution is 2.34. The van der Waals surface area contributed by atoms with Crippen LogP contribution in [0.1, 0.15) is 40.0 Å². The first kappa shape index (κ1) is 13.7. The number of piperidine rings is 1. The number of nitrogens with two attached hydrogens (primary N) is 1. The van der Waals surface area contributed by atoms with E-state index in [1.807, 2.05) is 11.8 Å². The highest BCUT2D eigenvalue weighted by atomic mass is 32.2. The van der Waals surface area contributed by atoms with Gasteiger partial charge in [-0.2, -0.15) is 11.8 Å². The van der Waals surface area contributed by atoms with Crippen molar-refractivity contribution in [2.24, 2.45) is 11.7 Å². The van der Waals surface area contributed by atoms with Gasteiger partial charge in [0, 0.05) is 24.4 Å². The van der Waals surface area contributed by atoms with E-state index in [1.54, 1.807) is 0 Å². The van der Waals surface area contributed by atoms with Gasteiger partial charge in [-0.05, 0) is 38.4 Å². The lowest BCUT2D eigenvalue weighted by Gasteiger charge is -2.46. The van der Waals surface area contributed by atoms with Crippen LogP contribution in [0.5, 0.6) is 0 Å². The minimum absolute atomic E-state index is 0.129. The van der Waals surface area contributed by atoms with Crippen molar-refractivity contribution in [2.45, 2.75) is 57.7 Å². The first-order chi connectivity index (χ1) is 8.09. The molecule has 2 aliphatic heterocycles. The molecule has 4 atom stereocenters. The molecule has 0 radical (unpaired) electrons. The molecule has 4 unspecified atom stereocenters. The van der Waals surface area contributed by atoms with Crippen LogP contribution in [-0.4, -0.2) is 40.7 Å². The van der Waals surface area contributed by atoms with Crippen molar-refractivity contribution in [3.05, 3.63) is 0 Å². The van der Waals surface area contributed by atoms with Crippen LogP contribution in [-0.2, 0) is 0 Å². The van der Waals surface area contributed by atoms with Crippen LogP contribution >= 0.6 is 11.8 Å². The van der Waals surface area contributed by atoms with E-state index in [4.69, 9.17) is 5.73 Å². The number of rotatable bonds is 3. The molecule has 2 saturated heterocycles. The maximum absolute atomic E-state index is 6.06. The number of nitrogens with one attached hydrogen (secondary N) is 1. The van der Waals surface area contributed by atoms with Gasteiger partial charge in [-0.3, -0.25) is 0 Å². The van der Waals surface area contributed by atoms with Gasteiger partial charge in [-0.15, -0.1) is 0 Å². The molecule has 3 N–H and O–H groups in total. The summed E-state index contributed by atoms with van der Waals surface area (Å²) in [7, 11) is 0. The Bertz CT molecular complexity index is 251. The molecule has 0 aliphatic carbocycles. The second kappa shape index (κ2) is 5.47. The predicted octanol–water partition coefficient (Wildman–Crippen LogP) is 1.83. The van der Waals surface area contributed by atoms with Gasteiger partial charge in [-0.1, -0.05) is 13.3 Å². The summed E-state index contributed by atoms with van der Waals surface area (Å²) in [5.41, 5.74) is 10.0. The fourth-order valence-corrected chi connectivity index (χ4v) is 4.69. The average molecular weight is 257 g/mol. The number of hydrazine groups is 1. The molecular formula is C13H27N3S. The topological polar surface area (TPSA) is 41.3 Å². The highest BCUT2D eigenvalue weighted by Gasteiger charge is 2.42. The van der Waals surface area contributed by atoms with Gasteiger partial charge in [0.1, 0.15) is 0 Å². The Morgan fingerprint density at radius 3 is 2.41 bits per heavy atom. The van der Waals surface area contributed by atoms with Gasteiger partial charge >= 0.3 is 0 Å². The van der Waals surface area contributed by atoms with Crippen molar-refractivity contribution in [1.82, 2.24) is 10.4 Å². The Morgan fingerprint density at radius 2 is 1.94 bits per heavy atom. The summed E-state index contributed by atoms with van der Waals surface area (Å²) in [6.07, 6.45) is 3.97. The fourth-order valence-electron chi connectivity index (χ4n) is 3.07. The van der Waals surface area contributed by atoms with E-state index >= 15 is 0 Å². The van der Waals surface area contributed by atoms with E-state index < -0.39 is 0 Å². The number of thioether (sulfide) groups is 1. The quantitative estimate of drug-likeness (QED) is 0.809. The number of hydrogen-bond donors (Lipinski definition) is 2. The Balaban J connectivity index is 2.07. The van der Waals surface area contributed by atoms with Crippen LogP contribution in [0.4, 0.5) is 0 Å². The Labute approximate surface area is 110 Å². The zero-order valence-corrected chi connectivity index (χ0v) is 12.2. The third kappa shape index (κ3) is 2.65. The maximum Gasteiger partial charge on any atom is 0.0571 e. The normalized spacial score (nSPS) is 44.1. The van der Waals surface area contributed by atoms with E-state index in [9.17, 15) is 0 Å². The minimum atomic E-state index is 0.129. The van der Waals surface area contributed by atoms with E-state index in [-0.39, 0.29) is 5.54 Å². The Morgan fingerprint density at radius 1 is 1.29 bits per heavy atom. The Hall–Kier alpha value is 0.230. The van der Waals surface area contributed by atoms with Gasteiger partial charge in [0.05, 0.1) is 5.54 Å². The lowest BCUT2D eigenvalue weighted by molar-refractivity contribution is -0.00202. The third-order valence-electron chi connectivity index (χ3n) is 4.58. The van der Waals surface area contributed by atoms with Crippen LogP contribution in [0.15, 0.2) is 0 Å². The van der Waals surface area contributed by atoms with Crippen molar-refractivity contribution in [3.63, 3.8) is 0 Å². The van der Waals surface area contributed by atoms with Crippen molar-refractivity contribution in [3.8, 4) is 0 Å².